The molecule has 0 fully saturated rings. The van der Waals surface area contributed by atoms with Crippen molar-refractivity contribution < 1.29 is 9.53 Å². The van der Waals surface area contributed by atoms with E-state index in [4.69, 9.17) is 27.9 Å². The predicted molar refractivity (Wildman–Crippen MR) is 85.5 cm³/mol. The number of hydrogen-bond donors (Lipinski definition) is 1. The summed E-state index contributed by atoms with van der Waals surface area (Å²) in [5.41, 5.74) is 1.59. The Morgan fingerprint density at radius 2 is 1.71 bits per heavy atom. The molecule has 1 N–H and O–H groups in total. The van der Waals surface area contributed by atoms with E-state index in [9.17, 15) is 4.79 Å². The van der Waals surface area contributed by atoms with Crippen LogP contribution in [0.1, 0.15) is 15.9 Å². The summed E-state index contributed by atoms with van der Waals surface area (Å²) in [6, 6.07) is 12.5. The summed E-state index contributed by atoms with van der Waals surface area (Å²) in [5, 5.41) is 3.74. The van der Waals surface area contributed by atoms with Crippen LogP contribution < -0.4 is 10.1 Å². The molecule has 2 aromatic rings. The first-order chi connectivity index (χ1) is 10.1. The van der Waals surface area contributed by atoms with E-state index in [2.05, 4.69) is 5.32 Å². The quantitative estimate of drug-likeness (QED) is 0.904. The summed E-state index contributed by atoms with van der Waals surface area (Å²) in [4.78, 5) is 12.0. The molecule has 110 valence electrons. The van der Waals surface area contributed by atoms with Crippen LogP contribution in [0.3, 0.4) is 0 Å². The second-order valence-corrected chi connectivity index (χ2v) is 5.38. The molecule has 2 rings (SSSR count). The van der Waals surface area contributed by atoms with Crippen molar-refractivity contribution in [1.82, 2.24) is 5.32 Å². The smallest absolute Gasteiger partial charge is 0.251 e. The number of ether oxygens (including phenoxy) is 1. The van der Waals surface area contributed by atoms with E-state index >= 15 is 0 Å². The SMILES string of the molecule is COc1ccc(CCNC(=O)c2cc(Cl)cc(Cl)c2)cc1. The average Bonchev–Trinajstić information content (AvgIpc) is 2.47. The molecule has 0 aliphatic carbocycles. The Labute approximate surface area is 133 Å². The fourth-order valence-electron chi connectivity index (χ4n) is 1.90. The Bertz CT molecular complexity index is 606. The van der Waals surface area contributed by atoms with E-state index in [0.717, 1.165) is 17.7 Å². The summed E-state index contributed by atoms with van der Waals surface area (Å²) in [6.07, 6.45) is 0.740. The lowest BCUT2D eigenvalue weighted by Gasteiger charge is -2.07. The van der Waals surface area contributed by atoms with Crippen molar-refractivity contribution in [2.75, 3.05) is 13.7 Å². The van der Waals surface area contributed by atoms with E-state index in [1.165, 1.54) is 0 Å². The summed E-state index contributed by atoms with van der Waals surface area (Å²) in [5.74, 6) is 0.629. The van der Waals surface area contributed by atoms with Crippen LogP contribution in [0.4, 0.5) is 0 Å². The number of nitrogens with one attached hydrogen (secondary N) is 1. The largest absolute Gasteiger partial charge is 0.497 e. The summed E-state index contributed by atoms with van der Waals surface area (Å²) in [7, 11) is 1.63. The molecule has 0 aromatic heterocycles. The van der Waals surface area contributed by atoms with Crippen molar-refractivity contribution in [3.05, 3.63) is 63.6 Å². The van der Waals surface area contributed by atoms with Crippen molar-refractivity contribution in [1.29, 1.82) is 0 Å². The van der Waals surface area contributed by atoms with Crippen molar-refractivity contribution >= 4 is 29.1 Å². The monoisotopic (exact) mass is 323 g/mol. The van der Waals surface area contributed by atoms with Gasteiger partial charge in [0.05, 0.1) is 7.11 Å². The molecule has 3 nitrogen and oxygen atoms in total. The lowest BCUT2D eigenvalue weighted by atomic mass is 10.1. The van der Waals surface area contributed by atoms with Crippen LogP contribution in [0, 0.1) is 0 Å². The minimum atomic E-state index is -0.187. The van der Waals surface area contributed by atoms with Crippen LogP contribution in [0.15, 0.2) is 42.5 Å². The Morgan fingerprint density at radius 3 is 2.29 bits per heavy atom. The highest BCUT2D eigenvalue weighted by molar-refractivity contribution is 6.35. The van der Waals surface area contributed by atoms with Gasteiger partial charge in [-0.3, -0.25) is 4.79 Å². The molecule has 0 aliphatic heterocycles. The highest BCUT2D eigenvalue weighted by Gasteiger charge is 2.07. The van der Waals surface area contributed by atoms with Crippen molar-refractivity contribution in [3.63, 3.8) is 0 Å². The zero-order chi connectivity index (χ0) is 15.2. The number of benzene rings is 2. The third-order valence-electron chi connectivity index (χ3n) is 2.98. The highest BCUT2D eigenvalue weighted by Crippen LogP contribution is 2.19. The maximum absolute atomic E-state index is 12.0. The zero-order valence-corrected chi connectivity index (χ0v) is 13.0. The molecule has 0 radical (unpaired) electrons. The molecule has 1 amide bonds. The lowest BCUT2D eigenvalue weighted by Crippen LogP contribution is -2.25. The maximum atomic E-state index is 12.0. The fourth-order valence-corrected chi connectivity index (χ4v) is 2.43. The van der Waals surface area contributed by atoms with Gasteiger partial charge in [-0.05, 0) is 42.3 Å². The zero-order valence-electron chi connectivity index (χ0n) is 11.5. The van der Waals surface area contributed by atoms with Gasteiger partial charge in [0.1, 0.15) is 5.75 Å². The van der Waals surface area contributed by atoms with Gasteiger partial charge < -0.3 is 10.1 Å². The first-order valence-corrected chi connectivity index (χ1v) is 7.21. The molecule has 0 saturated heterocycles. The third kappa shape index (κ3) is 4.66. The van der Waals surface area contributed by atoms with Crippen LogP contribution in [0.2, 0.25) is 10.0 Å². The Balaban J connectivity index is 1.88. The number of carbonyl (C=O) groups excluding carboxylic acids is 1. The van der Waals surface area contributed by atoms with Gasteiger partial charge in [0.25, 0.3) is 5.91 Å². The summed E-state index contributed by atoms with van der Waals surface area (Å²) in [6.45, 7) is 0.537. The van der Waals surface area contributed by atoms with Gasteiger partial charge >= 0.3 is 0 Å². The second kappa shape index (κ2) is 7.34. The predicted octanol–water partition coefficient (Wildman–Crippen LogP) is 3.97. The number of carbonyl (C=O) groups is 1. The molecular weight excluding hydrogens is 309 g/mol. The van der Waals surface area contributed by atoms with Gasteiger partial charge in [0.15, 0.2) is 0 Å². The van der Waals surface area contributed by atoms with Crippen molar-refractivity contribution in [2.24, 2.45) is 0 Å². The van der Waals surface area contributed by atoms with E-state index in [1.54, 1.807) is 25.3 Å². The maximum Gasteiger partial charge on any atom is 0.251 e. The van der Waals surface area contributed by atoms with Gasteiger partial charge in [-0.15, -0.1) is 0 Å². The number of halogens is 2. The van der Waals surface area contributed by atoms with Crippen molar-refractivity contribution in [2.45, 2.75) is 6.42 Å². The third-order valence-corrected chi connectivity index (χ3v) is 3.42. The summed E-state index contributed by atoms with van der Waals surface area (Å²) < 4.78 is 5.10. The van der Waals surface area contributed by atoms with Crippen LogP contribution >= 0.6 is 23.2 Å². The van der Waals surface area contributed by atoms with E-state index in [0.29, 0.717) is 22.2 Å². The normalized spacial score (nSPS) is 10.2. The first kappa shape index (κ1) is 15.7. The molecule has 0 aliphatic rings. The Morgan fingerprint density at radius 1 is 1.10 bits per heavy atom. The summed E-state index contributed by atoms with van der Waals surface area (Å²) >= 11 is 11.8. The molecule has 0 unspecified atom stereocenters. The van der Waals surface area contributed by atoms with E-state index < -0.39 is 0 Å². The van der Waals surface area contributed by atoms with E-state index in [1.807, 2.05) is 24.3 Å². The number of rotatable bonds is 5. The van der Waals surface area contributed by atoms with Crippen LogP contribution in [-0.4, -0.2) is 19.6 Å². The lowest BCUT2D eigenvalue weighted by molar-refractivity contribution is 0.0954. The standard InChI is InChI=1S/C16H15Cl2NO2/c1-21-15-4-2-11(3-5-15)6-7-19-16(20)12-8-13(17)10-14(18)9-12/h2-5,8-10H,6-7H2,1H3,(H,19,20). The van der Waals surface area contributed by atoms with Gasteiger partial charge in [-0.1, -0.05) is 35.3 Å². The van der Waals surface area contributed by atoms with Crippen molar-refractivity contribution in [3.8, 4) is 5.75 Å². The first-order valence-electron chi connectivity index (χ1n) is 6.45. The van der Waals surface area contributed by atoms with Crippen LogP contribution in [-0.2, 0) is 6.42 Å². The highest BCUT2D eigenvalue weighted by atomic mass is 35.5. The average molecular weight is 324 g/mol. The van der Waals surface area contributed by atoms with Gasteiger partial charge in [0, 0.05) is 22.2 Å². The molecule has 21 heavy (non-hydrogen) atoms. The minimum absolute atomic E-state index is 0.187. The molecule has 0 saturated carbocycles. The second-order valence-electron chi connectivity index (χ2n) is 4.51. The number of amides is 1. The van der Waals surface area contributed by atoms with Crippen LogP contribution in [0.5, 0.6) is 5.75 Å². The Hall–Kier alpha value is -1.71. The number of methoxy groups -OCH3 is 1. The van der Waals surface area contributed by atoms with E-state index in [-0.39, 0.29) is 5.91 Å². The molecule has 0 bridgehead atoms. The minimum Gasteiger partial charge on any atom is -0.497 e. The molecule has 5 heteroatoms. The molecule has 0 heterocycles. The van der Waals surface area contributed by atoms with Crippen LogP contribution in [0.25, 0.3) is 0 Å². The molecule has 0 atom stereocenters. The fraction of sp³-hybridized carbons (Fsp3) is 0.188. The van der Waals surface area contributed by atoms with Gasteiger partial charge in [0.2, 0.25) is 0 Å². The molecular formula is C16H15Cl2NO2. The topological polar surface area (TPSA) is 38.3 Å². The Kier molecular flexibility index (Phi) is 5.48. The van der Waals surface area contributed by atoms with Gasteiger partial charge in [-0.25, -0.2) is 0 Å². The number of hydrogen-bond acceptors (Lipinski definition) is 2. The molecule has 0 spiro atoms. The van der Waals surface area contributed by atoms with Gasteiger partial charge in [-0.2, -0.15) is 0 Å². The molecule has 2 aromatic carbocycles.